The fourth-order valence-corrected chi connectivity index (χ4v) is 8.36. The van der Waals surface area contributed by atoms with Gasteiger partial charge in [0.15, 0.2) is 0 Å². The van der Waals surface area contributed by atoms with Gasteiger partial charge in [0.05, 0.1) is 0 Å². The first-order valence-electron chi connectivity index (χ1n) is 12.6. The van der Waals surface area contributed by atoms with Crippen molar-refractivity contribution >= 4 is 0 Å². The third kappa shape index (κ3) is 3.26. The molecule has 0 nitrogen and oxygen atoms in total. The number of allylic oxidation sites excluding steroid dienone is 4. The van der Waals surface area contributed by atoms with E-state index in [1.807, 2.05) is 5.57 Å². The molecule has 3 fully saturated rings. The van der Waals surface area contributed by atoms with E-state index in [1.54, 1.807) is 0 Å². The van der Waals surface area contributed by atoms with Crippen LogP contribution in [0.3, 0.4) is 0 Å². The lowest BCUT2D eigenvalue weighted by Crippen LogP contribution is -2.50. The SMILES string of the molecule is CC(C)C(C)C=C[C@@H](C)[C@H]1CC[C@H]2[C@@H]3CCC4=CCCC[C@]4(C)[C@H]3CC[C@]12C. The first kappa shape index (κ1) is 20.7. The Balaban J connectivity index is 1.52. The molecule has 0 heteroatoms. The molecular formula is C28H46. The maximum absolute atomic E-state index is 2.70. The van der Waals surface area contributed by atoms with Gasteiger partial charge < -0.3 is 0 Å². The van der Waals surface area contributed by atoms with Gasteiger partial charge in [-0.3, -0.25) is 0 Å². The van der Waals surface area contributed by atoms with Gasteiger partial charge in [-0.1, -0.05) is 65.3 Å². The molecular weight excluding hydrogens is 336 g/mol. The second-order valence-corrected chi connectivity index (χ2v) is 12.0. The van der Waals surface area contributed by atoms with Crippen molar-refractivity contribution in [3.05, 3.63) is 23.8 Å². The van der Waals surface area contributed by atoms with E-state index in [1.165, 1.54) is 57.8 Å². The van der Waals surface area contributed by atoms with Crippen LogP contribution in [0.5, 0.6) is 0 Å². The van der Waals surface area contributed by atoms with E-state index in [-0.39, 0.29) is 0 Å². The Kier molecular flexibility index (Phi) is 5.65. The zero-order valence-corrected chi connectivity index (χ0v) is 19.6. The monoisotopic (exact) mass is 382 g/mol. The fraction of sp³-hybridized carbons (Fsp3) is 0.857. The van der Waals surface area contributed by atoms with Gasteiger partial charge in [-0.25, -0.2) is 0 Å². The maximum Gasteiger partial charge on any atom is -0.00853 e. The molecule has 3 saturated carbocycles. The summed E-state index contributed by atoms with van der Waals surface area (Å²) in [6.45, 7) is 15.0. The lowest BCUT2D eigenvalue weighted by Gasteiger charge is -2.58. The molecule has 0 amide bonds. The summed E-state index contributed by atoms with van der Waals surface area (Å²) < 4.78 is 0. The molecule has 0 aliphatic heterocycles. The molecule has 0 saturated heterocycles. The number of fused-ring (bicyclic) bond motifs is 5. The Morgan fingerprint density at radius 2 is 1.71 bits per heavy atom. The molecule has 4 aliphatic rings. The Hall–Kier alpha value is -0.520. The van der Waals surface area contributed by atoms with Crippen LogP contribution in [-0.4, -0.2) is 0 Å². The first-order chi connectivity index (χ1) is 13.3. The Labute approximate surface area is 175 Å². The van der Waals surface area contributed by atoms with Crippen LogP contribution in [0, 0.1) is 52.3 Å². The summed E-state index contributed by atoms with van der Waals surface area (Å²) in [5, 5.41) is 0. The molecule has 1 unspecified atom stereocenters. The van der Waals surface area contributed by atoms with Crippen molar-refractivity contribution in [2.75, 3.05) is 0 Å². The molecule has 0 heterocycles. The molecule has 0 aromatic rings. The van der Waals surface area contributed by atoms with E-state index in [2.05, 4.69) is 59.8 Å². The molecule has 0 N–H and O–H groups in total. The zero-order valence-electron chi connectivity index (χ0n) is 19.6. The third-order valence-corrected chi connectivity index (χ3v) is 10.5. The Bertz CT molecular complexity index is 624. The van der Waals surface area contributed by atoms with Crippen molar-refractivity contribution in [1.82, 2.24) is 0 Å². The quantitative estimate of drug-likeness (QED) is 0.428. The van der Waals surface area contributed by atoms with E-state index in [9.17, 15) is 0 Å². The summed E-state index contributed by atoms with van der Waals surface area (Å²) >= 11 is 0. The third-order valence-electron chi connectivity index (χ3n) is 10.5. The van der Waals surface area contributed by atoms with Crippen LogP contribution < -0.4 is 0 Å². The van der Waals surface area contributed by atoms with Gasteiger partial charge >= 0.3 is 0 Å². The van der Waals surface area contributed by atoms with Crippen molar-refractivity contribution in [1.29, 1.82) is 0 Å². The highest BCUT2D eigenvalue weighted by molar-refractivity contribution is 5.24. The lowest BCUT2D eigenvalue weighted by molar-refractivity contribution is -0.0558. The molecule has 8 atom stereocenters. The fourth-order valence-electron chi connectivity index (χ4n) is 8.36. The van der Waals surface area contributed by atoms with Crippen LogP contribution >= 0.6 is 0 Å². The van der Waals surface area contributed by atoms with Gasteiger partial charge in [0, 0.05) is 0 Å². The minimum atomic E-state index is 0.554. The van der Waals surface area contributed by atoms with E-state index in [0.717, 1.165) is 35.5 Å². The average molecular weight is 383 g/mol. The van der Waals surface area contributed by atoms with E-state index >= 15 is 0 Å². The number of hydrogen-bond donors (Lipinski definition) is 0. The van der Waals surface area contributed by atoms with Gasteiger partial charge in [-0.15, -0.1) is 0 Å². The summed E-state index contributed by atoms with van der Waals surface area (Å²) in [6, 6.07) is 0. The molecule has 0 bridgehead atoms. The predicted molar refractivity (Wildman–Crippen MR) is 122 cm³/mol. The van der Waals surface area contributed by atoms with E-state index < -0.39 is 0 Å². The summed E-state index contributed by atoms with van der Waals surface area (Å²) in [5.41, 5.74) is 3.01. The smallest absolute Gasteiger partial charge is 0.00853 e. The van der Waals surface area contributed by atoms with Gasteiger partial charge in [-0.05, 0) is 110 Å². The molecule has 4 rings (SSSR count). The lowest BCUT2D eigenvalue weighted by atomic mass is 9.46. The van der Waals surface area contributed by atoms with Crippen LogP contribution in [0.25, 0.3) is 0 Å². The molecule has 0 aromatic carbocycles. The molecule has 28 heavy (non-hydrogen) atoms. The standard InChI is InChI=1S/C28H46/c1-19(2)20(3)10-11-21(4)24-14-15-25-23-13-12-22-9-7-8-17-27(22,5)26(23)16-18-28(24,25)6/h9-11,19-21,23-26H,7-8,12-18H2,1-6H3/t20?,21-,23+,24-,25+,26+,27+,28-/m1/s1. The Morgan fingerprint density at radius 3 is 2.46 bits per heavy atom. The highest BCUT2D eigenvalue weighted by Crippen LogP contribution is 2.67. The van der Waals surface area contributed by atoms with Crippen LogP contribution in [0.15, 0.2) is 23.8 Å². The molecule has 0 aromatic heterocycles. The number of hydrogen-bond acceptors (Lipinski definition) is 0. The van der Waals surface area contributed by atoms with Crippen LogP contribution in [-0.2, 0) is 0 Å². The van der Waals surface area contributed by atoms with E-state index in [4.69, 9.17) is 0 Å². The molecule has 158 valence electrons. The van der Waals surface area contributed by atoms with Gasteiger partial charge in [0.2, 0.25) is 0 Å². The second-order valence-electron chi connectivity index (χ2n) is 12.0. The molecule has 0 radical (unpaired) electrons. The van der Waals surface area contributed by atoms with Crippen molar-refractivity contribution in [2.45, 2.75) is 99.3 Å². The van der Waals surface area contributed by atoms with Crippen molar-refractivity contribution in [3.8, 4) is 0 Å². The van der Waals surface area contributed by atoms with Gasteiger partial charge in [0.1, 0.15) is 0 Å². The van der Waals surface area contributed by atoms with Crippen LogP contribution in [0.1, 0.15) is 99.3 Å². The highest BCUT2D eigenvalue weighted by Gasteiger charge is 2.58. The molecule has 4 aliphatic carbocycles. The Morgan fingerprint density at radius 1 is 0.929 bits per heavy atom. The van der Waals surface area contributed by atoms with Crippen molar-refractivity contribution in [3.63, 3.8) is 0 Å². The van der Waals surface area contributed by atoms with Gasteiger partial charge in [0.25, 0.3) is 0 Å². The minimum absolute atomic E-state index is 0.554. The van der Waals surface area contributed by atoms with Crippen molar-refractivity contribution < 1.29 is 0 Å². The largest absolute Gasteiger partial charge is 0.0852 e. The zero-order chi connectivity index (χ0) is 20.1. The second kappa shape index (κ2) is 7.63. The summed E-state index contributed by atoms with van der Waals surface area (Å²) in [4.78, 5) is 0. The molecule has 0 spiro atoms. The summed E-state index contributed by atoms with van der Waals surface area (Å²) in [6.07, 6.45) is 20.9. The van der Waals surface area contributed by atoms with Crippen molar-refractivity contribution in [2.24, 2.45) is 52.3 Å². The van der Waals surface area contributed by atoms with Crippen LogP contribution in [0.4, 0.5) is 0 Å². The number of rotatable bonds is 4. The van der Waals surface area contributed by atoms with E-state index in [0.29, 0.717) is 16.7 Å². The normalized spacial score (nSPS) is 45.3. The minimum Gasteiger partial charge on any atom is -0.0852 e. The highest BCUT2D eigenvalue weighted by atomic mass is 14.6. The summed E-state index contributed by atoms with van der Waals surface area (Å²) in [7, 11) is 0. The topological polar surface area (TPSA) is 0 Å². The maximum atomic E-state index is 2.70. The predicted octanol–water partition coefficient (Wildman–Crippen LogP) is 8.44. The summed E-state index contributed by atoms with van der Waals surface area (Å²) in [5.74, 6) is 6.10. The average Bonchev–Trinajstić information content (AvgIpc) is 3.02. The van der Waals surface area contributed by atoms with Crippen LogP contribution in [0.2, 0.25) is 0 Å². The first-order valence-corrected chi connectivity index (χ1v) is 12.6. The van der Waals surface area contributed by atoms with Gasteiger partial charge in [-0.2, -0.15) is 0 Å².